The van der Waals surface area contributed by atoms with E-state index >= 15 is 0 Å². The quantitative estimate of drug-likeness (QED) is 0.702. The molecule has 0 heterocycles. The monoisotopic (exact) mass is 249 g/mol. The van der Waals surface area contributed by atoms with E-state index in [2.05, 4.69) is 10.6 Å². The first kappa shape index (κ1) is 14.2. The summed E-state index contributed by atoms with van der Waals surface area (Å²) in [7, 11) is 0. The van der Waals surface area contributed by atoms with E-state index in [1.807, 2.05) is 13.8 Å². The van der Waals surface area contributed by atoms with E-state index in [4.69, 9.17) is 5.73 Å². The Morgan fingerprint density at radius 2 is 1.89 bits per heavy atom. The van der Waals surface area contributed by atoms with E-state index in [9.17, 15) is 9.59 Å². The fourth-order valence-electron chi connectivity index (χ4n) is 1.44. The Bertz CT molecular complexity index is 415. The number of anilines is 1. The zero-order valence-electron chi connectivity index (χ0n) is 10.7. The summed E-state index contributed by atoms with van der Waals surface area (Å²) in [5.41, 5.74) is 6.22. The van der Waals surface area contributed by atoms with Crippen LogP contribution in [0.1, 0.15) is 24.2 Å². The van der Waals surface area contributed by atoms with Crippen LogP contribution in [0, 0.1) is 5.92 Å². The lowest BCUT2D eigenvalue weighted by Crippen LogP contribution is -2.30. The molecule has 0 bridgehead atoms. The summed E-state index contributed by atoms with van der Waals surface area (Å²) < 4.78 is 0. The lowest BCUT2D eigenvalue weighted by molar-refractivity contribution is -0.119. The smallest absolute Gasteiger partial charge is 0.248 e. The first-order valence-corrected chi connectivity index (χ1v) is 5.96. The molecule has 1 atom stereocenters. The summed E-state index contributed by atoms with van der Waals surface area (Å²) >= 11 is 0. The Kier molecular flexibility index (Phi) is 5.32. The molecule has 0 fully saturated rings. The molecule has 18 heavy (non-hydrogen) atoms. The predicted octanol–water partition coefficient (Wildman–Crippen LogP) is 0.970. The van der Waals surface area contributed by atoms with Crippen LogP contribution < -0.4 is 16.4 Å². The number of nitrogens with one attached hydrogen (secondary N) is 2. The van der Waals surface area contributed by atoms with Crippen molar-refractivity contribution in [1.82, 2.24) is 5.32 Å². The van der Waals surface area contributed by atoms with Crippen molar-refractivity contribution in [3.63, 3.8) is 0 Å². The van der Waals surface area contributed by atoms with Crippen molar-refractivity contribution in [2.24, 2.45) is 11.7 Å². The molecular weight excluding hydrogens is 230 g/mol. The molecule has 0 aliphatic rings. The van der Waals surface area contributed by atoms with Crippen LogP contribution >= 0.6 is 0 Å². The second-order valence-electron chi connectivity index (χ2n) is 4.14. The molecule has 0 aliphatic heterocycles. The van der Waals surface area contributed by atoms with Crippen LogP contribution in [0.4, 0.5) is 5.69 Å². The molecule has 0 saturated carbocycles. The van der Waals surface area contributed by atoms with Gasteiger partial charge in [-0.05, 0) is 30.8 Å². The summed E-state index contributed by atoms with van der Waals surface area (Å²) in [6.45, 7) is 5.33. The molecule has 5 heteroatoms. The zero-order chi connectivity index (χ0) is 13.5. The fraction of sp³-hybridized carbons (Fsp3) is 0.385. The third-order valence-electron chi connectivity index (χ3n) is 2.59. The van der Waals surface area contributed by atoms with Crippen LogP contribution in [0.5, 0.6) is 0 Å². The average molecular weight is 249 g/mol. The number of benzene rings is 1. The molecule has 98 valence electrons. The van der Waals surface area contributed by atoms with E-state index in [-0.39, 0.29) is 11.8 Å². The third-order valence-corrected chi connectivity index (χ3v) is 2.59. The minimum atomic E-state index is -0.478. The minimum Gasteiger partial charge on any atom is -0.366 e. The molecular formula is C13H19N3O2. The maximum atomic E-state index is 11.8. The van der Waals surface area contributed by atoms with Crippen molar-refractivity contribution >= 4 is 17.5 Å². The van der Waals surface area contributed by atoms with E-state index in [1.165, 1.54) is 0 Å². The molecule has 4 N–H and O–H groups in total. The summed E-state index contributed by atoms with van der Waals surface area (Å²) in [5, 5.41) is 5.90. The molecule has 0 aromatic heterocycles. The maximum absolute atomic E-state index is 11.8. The Labute approximate surface area is 107 Å². The second-order valence-corrected chi connectivity index (χ2v) is 4.14. The number of primary amides is 1. The molecule has 1 aromatic carbocycles. The van der Waals surface area contributed by atoms with Crippen molar-refractivity contribution in [3.05, 3.63) is 29.8 Å². The van der Waals surface area contributed by atoms with Gasteiger partial charge in [0.25, 0.3) is 0 Å². The van der Waals surface area contributed by atoms with Crippen LogP contribution in [-0.4, -0.2) is 24.9 Å². The minimum absolute atomic E-state index is 0.0530. The molecule has 0 spiro atoms. The second kappa shape index (κ2) is 6.76. The number of amides is 2. The highest BCUT2D eigenvalue weighted by atomic mass is 16.2. The lowest BCUT2D eigenvalue weighted by Gasteiger charge is -2.12. The van der Waals surface area contributed by atoms with Gasteiger partial charge in [0.1, 0.15) is 0 Å². The highest BCUT2D eigenvalue weighted by molar-refractivity contribution is 5.95. The Balaban J connectivity index is 2.56. The number of hydrogen-bond acceptors (Lipinski definition) is 3. The number of carbonyl (C=O) groups excluding carboxylic acids is 2. The van der Waals surface area contributed by atoms with Gasteiger partial charge in [0.05, 0.1) is 0 Å². The van der Waals surface area contributed by atoms with Crippen molar-refractivity contribution < 1.29 is 9.59 Å². The molecule has 1 aromatic rings. The van der Waals surface area contributed by atoms with Gasteiger partial charge in [-0.3, -0.25) is 9.59 Å². The van der Waals surface area contributed by atoms with Gasteiger partial charge in [-0.2, -0.15) is 0 Å². The third kappa shape index (κ3) is 4.18. The first-order valence-electron chi connectivity index (χ1n) is 5.96. The molecule has 0 aliphatic carbocycles. The van der Waals surface area contributed by atoms with Gasteiger partial charge in [0, 0.05) is 23.7 Å². The van der Waals surface area contributed by atoms with Crippen molar-refractivity contribution in [2.75, 3.05) is 18.4 Å². The van der Waals surface area contributed by atoms with Crippen molar-refractivity contribution in [3.8, 4) is 0 Å². The number of rotatable bonds is 6. The van der Waals surface area contributed by atoms with Gasteiger partial charge in [-0.25, -0.2) is 0 Å². The van der Waals surface area contributed by atoms with Crippen LogP contribution in [0.2, 0.25) is 0 Å². The van der Waals surface area contributed by atoms with Crippen LogP contribution in [-0.2, 0) is 4.79 Å². The van der Waals surface area contributed by atoms with Gasteiger partial charge in [-0.1, -0.05) is 13.8 Å². The summed E-state index contributed by atoms with van der Waals surface area (Å²) in [6.07, 6.45) is 0. The Morgan fingerprint density at radius 3 is 2.39 bits per heavy atom. The highest BCUT2D eigenvalue weighted by Gasteiger charge is 2.12. The van der Waals surface area contributed by atoms with E-state index in [0.717, 1.165) is 6.54 Å². The predicted molar refractivity (Wildman–Crippen MR) is 71.3 cm³/mol. The van der Waals surface area contributed by atoms with Gasteiger partial charge >= 0.3 is 0 Å². The first-order chi connectivity index (χ1) is 8.54. The van der Waals surface area contributed by atoms with Gasteiger partial charge in [-0.15, -0.1) is 0 Å². The van der Waals surface area contributed by atoms with Crippen molar-refractivity contribution in [1.29, 1.82) is 0 Å². The number of nitrogens with two attached hydrogens (primary N) is 1. The highest BCUT2D eigenvalue weighted by Crippen LogP contribution is 2.10. The van der Waals surface area contributed by atoms with Crippen LogP contribution in [0.3, 0.4) is 0 Å². The van der Waals surface area contributed by atoms with Gasteiger partial charge < -0.3 is 16.4 Å². The zero-order valence-corrected chi connectivity index (χ0v) is 10.7. The largest absolute Gasteiger partial charge is 0.366 e. The number of hydrogen-bond donors (Lipinski definition) is 3. The SMILES string of the molecule is CCNCC(C)C(=O)Nc1ccc(C(N)=O)cc1. The van der Waals surface area contributed by atoms with Crippen molar-refractivity contribution in [2.45, 2.75) is 13.8 Å². The maximum Gasteiger partial charge on any atom is 0.248 e. The fourth-order valence-corrected chi connectivity index (χ4v) is 1.44. The van der Waals surface area contributed by atoms with Gasteiger partial charge in [0.2, 0.25) is 11.8 Å². The van der Waals surface area contributed by atoms with Crippen LogP contribution in [0.25, 0.3) is 0 Å². The lowest BCUT2D eigenvalue weighted by atomic mass is 10.1. The van der Waals surface area contributed by atoms with Crippen LogP contribution in [0.15, 0.2) is 24.3 Å². The summed E-state index contributed by atoms with van der Waals surface area (Å²) in [5.74, 6) is -0.642. The molecule has 1 rings (SSSR count). The van der Waals surface area contributed by atoms with E-state index in [0.29, 0.717) is 17.8 Å². The average Bonchev–Trinajstić information content (AvgIpc) is 2.36. The summed E-state index contributed by atoms with van der Waals surface area (Å²) in [4.78, 5) is 22.7. The Morgan fingerprint density at radius 1 is 1.28 bits per heavy atom. The molecule has 1 unspecified atom stereocenters. The van der Waals surface area contributed by atoms with Gasteiger partial charge in [0.15, 0.2) is 0 Å². The number of carbonyl (C=O) groups is 2. The molecule has 2 amide bonds. The van der Waals surface area contributed by atoms with E-state index in [1.54, 1.807) is 24.3 Å². The summed E-state index contributed by atoms with van der Waals surface area (Å²) in [6, 6.07) is 6.51. The molecule has 5 nitrogen and oxygen atoms in total. The Hall–Kier alpha value is -1.88. The van der Waals surface area contributed by atoms with E-state index < -0.39 is 5.91 Å². The molecule has 0 saturated heterocycles. The standard InChI is InChI=1S/C13H19N3O2/c1-3-15-8-9(2)13(18)16-11-6-4-10(5-7-11)12(14)17/h4-7,9,15H,3,8H2,1-2H3,(H2,14,17)(H,16,18). The normalized spacial score (nSPS) is 11.9. The topological polar surface area (TPSA) is 84.2 Å². The molecule has 0 radical (unpaired) electrons.